The summed E-state index contributed by atoms with van der Waals surface area (Å²) in [4.78, 5) is 28.1. The second-order valence-corrected chi connectivity index (χ2v) is 4.73. The standard InChI is InChI=1S/C11H19N3O3/c12-5-7-3-1-2-4-8(7)10(15)13-9-6-17-14-11(9)16/h7-9H,1-6,12H2,(H,13,15)(H,14,16)/t7?,8?,9-/m1/s1. The summed E-state index contributed by atoms with van der Waals surface area (Å²) in [7, 11) is 0. The molecule has 1 aliphatic heterocycles. The highest BCUT2D eigenvalue weighted by Gasteiger charge is 2.34. The molecule has 0 aromatic rings. The van der Waals surface area contributed by atoms with Crippen LogP contribution in [0.15, 0.2) is 0 Å². The third-order valence-corrected chi connectivity index (χ3v) is 3.60. The zero-order valence-corrected chi connectivity index (χ0v) is 9.78. The highest BCUT2D eigenvalue weighted by atomic mass is 16.7. The lowest BCUT2D eigenvalue weighted by molar-refractivity contribution is -0.132. The maximum Gasteiger partial charge on any atom is 0.268 e. The van der Waals surface area contributed by atoms with Crippen LogP contribution in [-0.4, -0.2) is 31.0 Å². The number of carbonyl (C=O) groups is 2. The fourth-order valence-electron chi connectivity index (χ4n) is 2.56. The Balaban J connectivity index is 1.91. The number of amides is 2. The lowest BCUT2D eigenvalue weighted by Crippen LogP contribution is -2.47. The van der Waals surface area contributed by atoms with E-state index in [0.29, 0.717) is 6.54 Å². The Labute approximate surface area is 100 Å². The molecule has 3 atom stereocenters. The van der Waals surface area contributed by atoms with Crippen LogP contribution in [0.25, 0.3) is 0 Å². The molecule has 6 nitrogen and oxygen atoms in total. The summed E-state index contributed by atoms with van der Waals surface area (Å²) in [6.07, 6.45) is 4.06. The van der Waals surface area contributed by atoms with E-state index in [1.165, 1.54) is 0 Å². The van der Waals surface area contributed by atoms with Gasteiger partial charge in [0, 0.05) is 5.92 Å². The molecule has 4 N–H and O–H groups in total. The van der Waals surface area contributed by atoms with E-state index in [9.17, 15) is 9.59 Å². The van der Waals surface area contributed by atoms with Crippen LogP contribution >= 0.6 is 0 Å². The van der Waals surface area contributed by atoms with Crippen molar-refractivity contribution >= 4 is 11.8 Å². The van der Waals surface area contributed by atoms with E-state index < -0.39 is 6.04 Å². The quantitative estimate of drug-likeness (QED) is 0.609. The van der Waals surface area contributed by atoms with Crippen molar-refractivity contribution in [1.29, 1.82) is 0 Å². The van der Waals surface area contributed by atoms with Gasteiger partial charge < -0.3 is 11.1 Å². The lowest BCUT2D eigenvalue weighted by Gasteiger charge is -2.30. The second kappa shape index (κ2) is 5.46. The number of nitrogens with one attached hydrogen (secondary N) is 2. The van der Waals surface area contributed by atoms with Crippen LogP contribution < -0.4 is 16.5 Å². The molecule has 0 spiro atoms. The number of hydrogen-bond acceptors (Lipinski definition) is 4. The molecule has 0 aromatic carbocycles. The first kappa shape index (κ1) is 12.3. The SMILES string of the molecule is NCC1CCCCC1C(=O)N[C@@H]1CONC1=O. The van der Waals surface area contributed by atoms with Crippen LogP contribution in [0.1, 0.15) is 25.7 Å². The number of hydrogen-bond donors (Lipinski definition) is 3. The Morgan fingerprint density at radius 3 is 2.88 bits per heavy atom. The Morgan fingerprint density at radius 2 is 2.24 bits per heavy atom. The monoisotopic (exact) mass is 241 g/mol. The second-order valence-electron chi connectivity index (χ2n) is 4.73. The minimum atomic E-state index is -0.553. The van der Waals surface area contributed by atoms with E-state index in [2.05, 4.69) is 10.8 Å². The van der Waals surface area contributed by atoms with Crippen LogP contribution in [0, 0.1) is 11.8 Å². The predicted octanol–water partition coefficient (Wildman–Crippen LogP) is -0.702. The number of hydroxylamine groups is 1. The molecule has 1 saturated heterocycles. The third kappa shape index (κ3) is 2.76. The van der Waals surface area contributed by atoms with E-state index in [1.807, 2.05) is 0 Å². The lowest BCUT2D eigenvalue weighted by atomic mass is 9.78. The maximum atomic E-state index is 12.1. The molecule has 6 heteroatoms. The van der Waals surface area contributed by atoms with Gasteiger partial charge in [-0.3, -0.25) is 14.4 Å². The fraction of sp³-hybridized carbons (Fsp3) is 0.818. The van der Waals surface area contributed by atoms with Crippen molar-refractivity contribution in [2.45, 2.75) is 31.7 Å². The molecule has 0 radical (unpaired) electrons. The van der Waals surface area contributed by atoms with Crippen LogP contribution in [0.5, 0.6) is 0 Å². The fourth-order valence-corrected chi connectivity index (χ4v) is 2.56. The predicted molar refractivity (Wildman–Crippen MR) is 60.5 cm³/mol. The van der Waals surface area contributed by atoms with Crippen LogP contribution in [0.3, 0.4) is 0 Å². The summed E-state index contributed by atoms with van der Waals surface area (Å²) in [5.74, 6) is -0.152. The van der Waals surface area contributed by atoms with Crippen LogP contribution in [0.2, 0.25) is 0 Å². The zero-order chi connectivity index (χ0) is 12.3. The average Bonchev–Trinajstić information content (AvgIpc) is 2.75. The summed E-state index contributed by atoms with van der Waals surface area (Å²) >= 11 is 0. The summed E-state index contributed by atoms with van der Waals surface area (Å²) in [5.41, 5.74) is 7.91. The van der Waals surface area contributed by atoms with E-state index >= 15 is 0 Å². The van der Waals surface area contributed by atoms with Crippen molar-refractivity contribution < 1.29 is 14.4 Å². The third-order valence-electron chi connectivity index (χ3n) is 3.60. The van der Waals surface area contributed by atoms with Crippen LogP contribution in [-0.2, 0) is 14.4 Å². The highest BCUT2D eigenvalue weighted by Crippen LogP contribution is 2.29. The van der Waals surface area contributed by atoms with Gasteiger partial charge in [0.25, 0.3) is 5.91 Å². The molecule has 2 rings (SSSR count). The van der Waals surface area contributed by atoms with Gasteiger partial charge in [-0.05, 0) is 25.3 Å². The first-order chi connectivity index (χ1) is 8.22. The zero-order valence-electron chi connectivity index (χ0n) is 9.78. The Kier molecular flexibility index (Phi) is 3.96. The Bertz CT molecular complexity index is 308. The molecule has 1 heterocycles. The normalized spacial score (nSPS) is 33.2. The molecule has 0 bridgehead atoms. The molecule has 2 fully saturated rings. The van der Waals surface area contributed by atoms with Gasteiger partial charge in [0.1, 0.15) is 12.6 Å². The summed E-state index contributed by atoms with van der Waals surface area (Å²) in [6.45, 7) is 0.732. The van der Waals surface area contributed by atoms with Gasteiger partial charge >= 0.3 is 0 Å². The van der Waals surface area contributed by atoms with Gasteiger partial charge in [-0.1, -0.05) is 12.8 Å². The van der Waals surface area contributed by atoms with Gasteiger partial charge in [0.2, 0.25) is 5.91 Å². The number of carbonyl (C=O) groups excluding carboxylic acids is 2. The van der Waals surface area contributed by atoms with E-state index in [1.54, 1.807) is 0 Å². The molecule has 1 saturated carbocycles. The topological polar surface area (TPSA) is 93.5 Å². The first-order valence-electron chi connectivity index (χ1n) is 6.14. The molecule has 96 valence electrons. The van der Waals surface area contributed by atoms with Crippen molar-refractivity contribution in [3.05, 3.63) is 0 Å². The number of nitrogens with two attached hydrogens (primary N) is 1. The molecule has 17 heavy (non-hydrogen) atoms. The molecule has 1 aliphatic carbocycles. The molecule has 0 aromatic heterocycles. The van der Waals surface area contributed by atoms with E-state index in [-0.39, 0.29) is 30.3 Å². The van der Waals surface area contributed by atoms with Gasteiger partial charge in [0.05, 0.1) is 0 Å². The first-order valence-corrected chi connectivity index (χ1v) is 6.14. The molecular weight excluding hydrogens is 222 g/mol. The largest absolute Gasteiger partial charge is 0.342 e. The van der Waals surface area contributed by atoms with Gasteiger partial charge in [-0.15, -0.1) is 0 Å². The van der Waals surface area contributed by atoms with Crippen LogP contribution in [0.4, 0.5) is 0 Å². The van der Waals surface area contributed by atoms with Gasteiger partial charge in [0.15, 0.2) is 0 Å². The number of rotatable bonds is 3. The average molecular weight is 241 g/mol. The minimum Gasteiger partial charge on any atom is -0.342 e. The van der Waals surface area contributed by atoms with Gasteiger partial charge in [-0.2, -0.15) is 0 Å². The summed E-state index contributed by atoms with van der Waals surface area (Å²) in [5, 5.41) is 2.73. The Hall–Kier alpha value is -1.14. The van der Waals surface area contributed by atoms with Crippen molar-refractivity contribution in [2.24, 2.45) is 17.6 Å². The molecule has 2 unspecified atom stereocenters. The van der Waals surface area contributed by atoms with Crippen molar-refractivity contribution in [3.63, 3.8) is 0 Å². The highest BCUT2D eigenvalue weighted by molar-refractivity contribution is 5.89. The molecule has 2 aliphatic rings. The smallest absolute Gasteiger partial charge is 0.268 e. The minimum absolute atomic E-state index is 0.0536. The summed E-state index contributed by atoms with van der Waals surface area (Å²) < 4.78 is 0. The summed E-state index contributed by atoms with van der Waals surface area (Å²) in [6, 6.07) is -0.553. The van der Waals surface area contributed by atoms with E-state index in [4.69, 9.17) is 10.6 Å². The van der Waals surface area contributed by atoms with Crippen molar-refractivity contribution in [3.8, 4) is 0 Å². The van der Waals surface area contributed by atoms with Crippen molar-refractivity contribution in [2.75, 3.05) is 13.2 Å². The molecular formula is C11H19N3O3. The van der Waals surface area contributed by atoms with E-state index in [0.717, 1.165) is 25.7 Å². The van der Waals surface area contributed by atoms with Gasteiger partial charge in [-0.25, -0.2) is 5.48 Å². The maximum absolute atomic E-state index is 12.1. The molecule has 2 amide bonds. The van der Waals surface area contributed by atoms with Crippen molar-refractivity contribution in [1.82, 2.24) is 10.8 Å². The Morgan fingerprint density at radius 1 is 1.47 bits per heavy atom.